The molecule has 0 aliphatic heterocycles. The van der Waals surface area contributed by atoms with Crippen molar-refractivity contribution < 1.29 is 9.53 Å². The van der Waals surface area contributed by atoms with Crippen molar-refractivity contribution in [2.24, 2.45) is 0 Å². The maximum Gasteiger partial charge on any atom is 0.330 e. The second kappa shape index (κ2) is 5.71. The van der Waals surface area contributed by atoms with Gasteiger partial charge in [0.05, 0.1) is 6.61 Å². The maximum atomic E-state index is 11.1. The predicted molar refractivity (Wildman–Crippen MR) is 64.5 cm³/mol. The lowest BCUT2D eigenvalue weighted by Crippen LogP contribution is -1.98. The number of rotatable bonds is 3. The Morgan fingerprint density at radius 1 is 1.53 bits per heavy atom. The molecule has 0 N–H and O–H groups in total. The molecular formula is C12H13BrO2. The number of halogens is 1. The van der Waals surface area contributed by atoms with Crippen molar-refractivity contribution in [3.05, 3.63) is 39.9 Å². The molecule has 0 fully saturated rings. The second-order valence-electron chi connectivity index (χ2n) is 3.09. The van der Waals surface area contributed by atoms with Crippen LogP contribution in [-0.2, 0) is 9.53 Å². The van der Waals surface area contributed by atoms with Crippen LogP contribution in [0, 0.1) is 6.92 Å². The minimum Gasteiger partial charge on any atom is -0.463 e. The Bertz CT molecular complexity index is 383. The highest BCUT2D eigenvalue weighted by Crippen LogP contribution is 2.16. The molecule has 0 radical (unpaired) electrons. The highest BCUT2D eigenvalue weighted by Gasteiger charge is 1.97. The lowest BCUT2D eigenvalue weighted by molar-refractivity contribution is -0.137. The Hall–Kier alpha value is -1.09. The molecular weight excluding hydrogens is 256 g/mol. The zero-order valence-corrected chi connectivity index (χ0v) is 10.4. The molecule has 1 aromatic carbocycles. The molecule has 0 aliphatic carbocycles. The highest BCUT2D eigenvalue weighted by atomic mass is 79.9. The molecule has 0 unspecified atom stereocenters. The average molecular weight is 269 g/mol. The van der Waals surface area contributed by atoms with E-state index in [1.54, 1.807) is 13.0 Å². The molecule has 0 spiro atoms. The van der Waals surface area contributed by atoms with Gasteiger partial charge in [0, 0.05) is 10.5 Å². The molecule has 1 rings (SSSR count). The van der Waals surface area contributed by atoms with Gasteiger partial charge >= 0.3 is 5.97 Å². The van der Waals surface area contributed by atoms with Gasteiger partial charge in [0.2, 0.25) is 0 Å². The smallest absolute Gasteiger partial charge is 0.330 e. The Morgan fingerprint density at radius 3 is 2.87 bits per heavy atom. The molecule has 15 heavy (non-hydrogen) atoms. The van der Waals surface area contributed by atoms with E-state index in [-0.39, 0.29) is 5.97 Å². The summed E-state index contributed by atoms with van der Waals surface area (Å²) in [5.41, 5.74) is 2.14. The zero-order valence-electron chi connectivity index (χ0n) is 8.79. The molecule has 80 valence electrons. The molecule has 0 aliphatic rings. The Kier molecular flexibility index (Phi) is 4.56. The minimum absolute atomic E-state index is 0.306. The van der Waals surface area contributed by atoms with Crippen LogP contribution >= 0.6 is 15.9 Å². The molecule has 3 heteroatoms. The van der Waals surface area contributed by atoms with Gasteiger partial charge in [-0.15, -0.1) is 0 Å². The van der Waals surface area contributed by atoms with Gasteiger partial charge in [-0.3, -0.25) is 0 Å². The van der Waals surface area contributed by atoms with Gasteiger partial charge in [-0.25, -0.2) is 4.79 Å². The van der Waals surface area contributed by atoms with Gasteiger partial charge in [0.25, 0.3) is 0 Å². The van der Waals surface area contributed by atoms with Crippen molar-refractivity contribution in [1.29, 1.82) is 0 Å². The van der Waals surface area contributed by atoms with Crippen LogP contribution in [-0.4, -0.2) is 12.6 Å². The first-order valence-corrected chi connectivity index (χ1v) is 5.53. The summed E-state index contributed by atoms with van der Waals surface area (Å²) in [6, 6.07) is 5.90. The Labute approximate surface area is 98.1 Å². The number of carbonyl (C=O) groups excluding carboxylic acids is 1. The van der Waals surface area contributed by atoms with Gasteiger partial charge in [0.1, 0.15) is 0 Å². The fourth-order valence-corrected chi connectivity index (χ4v) is 1.65. The van der Waals surface area contributed by atoms with Crippen molar-refractivity contribution >= 4 is 28.0 Å². The van der Waals surface area contributed by atoms with Crippen molar-refractivity contribution in [3.63, 3.8) is 0 Å². The van der Waals surface area contributed by atoms with Crippen LogP contribution in [0.4, 0.5) is 0 Å². The standard InChI is InChI=1S/C12H13BrO2/c1-3-15-12(14)7-5-10-4-6-11(13)8-9(10)2/h4-8H,3H2,1-2H3. The number of hydrogen-bond donors (Lipinski definition) is 0. The summed E-state index contributed by atoms with van der Waals surface area (Å²) in [5.74, 6) is -0.306. The lowest BCUT2D eigenvalue weighted by atomic mass is 10.1. The summed E-state index contributed by atoms with van der Waals surface area (Å²) in [7, 11) is 0. The molecule has 0 bridgehead atoms. The number of aryl methyl sites for hydroxylation is 1. The first-order chi connectivity index (χ1) is 7.13. The van der Waals surface area contributed by atoms with E-state index in [0.717, 1.165) is 15.6 Å². The summed E-state index contributed by atoms with van der Waals surface area (Å²) in [4.78, 5) is 11.1. The maximum absolute atomic E-state index is 11.1. The molecule has 0 aromatic heterocycles. The topological polar surface area (TPSA) is 26.3 Å². The van der Waals surface area contributed by atoms with Crippen LogP contribution in [0.1, 0.15) is 18.1 Å². The van der Waals surface area contributed by atoms with E-state index in [0.29, 0.717) is 6.61 Å². The Morgan fingerprint density at radius 2 is 2.27 bits per heavy atom. The van der Waals surface area contributed by atoms with E-state index in [4.69, 9.17) is 4.74 Å². The SMILES string of the molecule is CCOC(=O)C=Cc1ccc(Br)cc1C. The largest absolute Gasteiger partial charge is 0.463 e. The fourth-order valence-electron chi connectivity index (χ4n) is 1.17. The van der Waals surface area contributed by atoms with E-state index in [2.05, 4.69) is 15.9 Å². The molecule has 0 saturated heterocycles. The van der Waals surface area contributed by atoms with Gasteiger partial charge in [0.15, 0.2) is 0 Å². The van der Waals surface area contributed by atoms with Crippen molar-refractivity contribution in [2.75, 3.05) is 6.61 Å². The normalized spacial score (nSPS) is 10.6. The monoisotopic (exact) mass is 268 g/mol. The predicted octanol–water partition coefficient (Wildman–Crippen LogP) is 3.33. The zero-order chi connectivity index (χ0) is 11.3. The third-order valence-corrected chi connectivity index (χ3v) is 2.41. The molecule has 1 aromatic rings. The second-order valence-corrected chi connectivity index (χ2v) is 4.00. The minimum atomic E-state index is -0.306. The van der Waals surface area contributed by atoms with Gasteiger partial charge in [-0.2, -0.15) is 0 Å². The van der Waals surface area contributed by atoms with E-state index in [9.17, 15) is 4.79 Å². The molecule has 0 atom stereocenters. The lowest BCUT2D eigenvalue weighted by Gasteiger charge is -2.00. The molecule has 0 heterocycles. The molecule has 0 amide bonds. The van der Waals surface area contributed by atoms with Crippen LogP contribution in [0.2, 0.25) is 0 Å². The average Bonchev–Trinajstić information content (AvgIpc) is 2.17. The number of hydrogen-bond acceptors (Lipinski definition) is 2. The highest BCUT2D eigenvalue weighted by molar-refractivity contribution is 9.10. The van der Waals surface area contributed by atoms with Crippen LogP contribution in [0.5, 0.6) is 0 Å². The third kappa shape index (κ3) is 3.88. The van der Waals surface area contributed by atoms with E-state index in [1.165, 1.54) is 6.08 Å². The number of carbonyl (C=O) groups is 1. The van der Waals surface area contributed by atoms with E-state index in [1.807, 2.05) is 25.1 Å². The van der Waals surface area contributed by atoms with E-state index < -0.39 is 0 Å². The summed E-state index contributed by atoms with van der Waals surface area (Å²) < 4.78 is 5.83. The number of benzene rings is 1. The number of ether oxygens (including phenoxy) is 1. The van der Waals surface area contributed by atoms with Crippen molar-refractivity contribution in [2.45, 2.75) is 13.8 Å². The summed E-state index contributed by atoms with van der Waals surface area (Å²) in [5, 5.41) is 0. The van der Waals surface area contributed by atoms with Crippen LogP contribution in [0.3, 0.4) is 0 Å². The van der Waals surface area contributed by atoms with Crippen molar-refractivity contribution in [1.82, 2.24) is 0 Å². The van der Waals surface area contributed by atoms with Crippen LogP contribution < -0.4 is 0 Å². The van der Waals surface area contributed by atoms with E-state index >= 15 is 0 Å². The van der Waals surface area contributed by atoms with Crippen LogP contribution in [0.15, 0.2) is 28.7 Å². The number of esters is 1. The molecule has 2 nitrogen and oxygen atoms in total. The van der Waals surface area contributed by atoms with Gasteiger partial charge in [-0.1, -0.05) is 22.0 Å². The van der Waals surface area contributed by atoms with Gasteiger partial charge in [-0.05, 0) is 43.2 Å². The summed E-state index contributed by atoms with van der Waals surface area (Å²) in [6.45, 7) is 4.19. The fraction of sp³-hybridized carbons (Fsp3) is 0.250. The quantitative estimate of drug-likeness (QED) is 0.621. The van der Waals surface area contributed by atoms with Gasteiger partial charge < -0.3 is 4.74 Å². The Balaban J connectivity index is 2.76. The first-order valence-electron chi connectivity index (χ1n) is 4.74. The van der Waals surface area contributed by atoms with Crippen molar-refractivity contribution in [3.8, 4) is 0 Å². The third-order valence-electron chi connectivity index (χ3n) is 1.92. The summed E-state index contributed by atoms with van der Waals surface area (Å²) >= 11 is 3.39. The summed E-state index contributed by atoms with van der Waals surface area (Å²) in [6.07, 6.45) is 3.21. The first kappa shape index (κ1) is 12.0. The molecule has 0 saturated carbocycles. The van der Waals surface area contributed by atoms with Crippen LogP contribution in [0.25, 0.3) is 6.08 Å².